The Hall–Kier alpha value is -2.18. The van der Waals surface area contributed by atoms with E-state index in [9.17, 15) is 5.11 Å². The summed E-state index contributed by atoms with van der Waals surface area (Å²) in [6.45, 7) is 6.69. The van der Waals surface area contributed by atoms with Gasteiger partial charge in [0.15, 0.2) is 5.11 Å². The van der Waals surface area contributed by atoms with Gasteiger partial charge in [-0.05, 0) is 68.8 Å². The van der Waals surface area contributed by atoms with Crippen molar-refractivity contribution >= 4 is 29.1 Å². The SMILES string of the molecule is CC1(C)CCCC2(C)OC12C=CC(C=Cc1ccccc1O)=NNC(N)=S. The second-order valence-corrected chi connectivity index (χ2v) is 8.48. The Kier molecular flexibility index (Phi) is 5.14. The predicted octanol–water partition coefficient (Wildman–Crippen LogP) is 3.89. The molecule has 2 atom stereocenters. The van der Waals surface area contributed by atoms with Gasteiger partial charge in [-0.25, -0.2) is 0 Å². The van der Waals surface area contributed by atoms with Gasteiger partial charge in [-0.1, -0.05) is 32.0 Å². The number of nitrogens with two attached hydrogens (primary N) is 1. The number of phenols is 1. The van der Waals surface area contributed by atoms with Crippen molar-refractivity contribution < 1.29 is 9.84 Å². The summed E-state index contributed by atoms with van der Waals surface area (Å²) in [5, 5.41) is 14.3. The Morgan fingerprint density at radius 1 is 1.26 bits per heavy atom. The van der Waals surface area contributed by atoms with Crippen LogP contribution >= 0.6 is 12.2 Å². The quantitative estimate of drug-likeness (QED) is 0.310. The fraction of sp³-hybridized carbons (Fsp3) is 0.429. The highest BCUT2D eigenvalue weighted by molar-refractivity contribution is 7.80. The number of hydrogen-bond donors (Lipinski definition) is 3. The lowest BCUT2D eigenvalue weighted by Crippen LogP contribution is -2.41. The van der Waals surface area contributed by atoms with Gasteiger partial charge in [-0.2, -0.15) is 5.10 Å². The largest absolute Gasteiger partial charge is 0.507 e. The van der Waals surface area contributed by atoms with Gasteiger partial charge in [0.2, 0.25) is 0 Å². The van der Waals surface area contributed by atoms with Crippen molar-refractivity contribution in [3.63, 3.8) is 0 Å². The number of benzene rings is 1. The summed E-state index contributed by atoms with van der Waals surface area (Å²) in [5.41, 5.74) is 9.14. The van der Waals surface area contributed by atoms with Crippen molar-refractivity contribution in [2.45, 2.75) is 51.2 Å². The number of nitrogens with one attached hydrogen (secondary N) is 1. The number of allylic oxidation sites excluding steroid dienone is 2. The number of hydrogen-bond acceptors (Lipinski definition) is 4. The first-order chi connectivity index (χ1) is 12.7. The summed E-state index contributed by atoms with van der Waals surface area (Å²) < 4.78 is 6.25. The number of nitrogens with zero attached hydrogens (tertiary/aromatic N) is 1. The molecule has 0 bridgehead atoms. The van der Waals surface area contributed by atoms with Crippen molar-refractivity contribution in [1.29, 1.82) is 0 Å². The van der Waals surface area contributed by atoms with E-state index < -0.39 is 0 Å². The molecule has 1 saturated heterocycles. The van der Waals surface area contributed by atoms with Crippen LogP contribution in [-0.2, 0) is 4.74 Å². The van der Waals surface area contributed by atoms with Crippen LogP contribution in [0, 0.1) is 5.41 Å². The molecule has 0 aromatic heterocycles. The highest BCUT2D eigenvalue weighted by Crippen LogP contribution is 2.65. The van der Waals surface area contributed by atoms with Gasteiger partial charge in [-0.3, -0.25) is 5.43 Å². The molecule has 2 fully saturated rings. The number of aromatic hydroxyl groups is 1. The van der Waals surface area contributed by atoms with Gasteiger partial charge >= 0.3 is 0 Å². The van der Waals surface area contributed by atoms with Crippen LogP contribution in [0.3, 0.4) is 0 Å². The van der Waals surface area contributed by atoms with E-state index in [-0.39, 0.29) is 27.5 Å². The molecule has 144 valence electrons. The molecule has 2 aliphatic rings. The molecular formula is C21H27N3O2S. The van der Waals surface area contributed by atoms with Crippen LogP contribution < -0.4 is 11.2 Å². The van der Waals surface area contributed by atoms with Gasteiger partial charge in [0.25, 0.3) is 0 Å². The van der Waals surface area contributed by atoms with Crippen LogP contribution in [-0.4, -0.2) is 27.1 Å². The number of para-hydroxylation sites is 1. The monoisotopic (exact) mass is 385 g/mol. The van der Waals surface area contributed by atoms with Gasteiger partial charge in [-0.15, -0.1) is 0 Å². The molecule has 1 aliphatic carbocycles. The van der Waals surface area contributed by atoms with Crippen molar-refractivity contribution in [2.75, 3.05) is 0 Å². The van der Waals surface area contributed by atoms with E-state index in [1.54, 1.807) is 18.2 Å². The Balaban J connectivity index is 1.86. The number of epoxide rings is 1. The molecule has 0 radical (unpaired) electrons. The Morgan fingerprint density at radius 3 is 2.67 bits per heavy atom. The van der Waals surface area contributed by atoms with Crippen molar-refractivity contribution in [1.82, 2.24) is 5.43 Å². The molecule has 1 aliphatic heterocycles. The summed E-state index contributed by atoms with van der Waals surface area (Å²) in [6.07, 6.45) is 11.0. The zero-order valence-corrected chi connectivity index (χ0v) is 16.8. The fourth-order valence-electron chi connectivity index (χ4n) is 4.17. The second-order valence-electron chi connectivity index (χ2n) is 8.04. The lowest BCUT2D eigenvalue weighted by molar-refractivity contribution is 0.166. The van der Waals surface area contributed by atoms with Crippen LogP contribution in [0.2, 0.25) is 0 Å². The maximum absolute atomic E-state index is 9.94. The lowest BCUT2D eigenvalue weighted by atomic mass is 9.64. The third kappa shape index (κ3) is 3.77. The second kappa shape index (κ2) is 7.09. The molecule has 3 rings (SSSR count). The van der Waals surface area contributed by atoms with E-state index in [0.29, 0.717) is 11.3 Å². The van der Waals surface area contributed by atoms with Crippen molar-refractivity contribution in [3.8, 4) is 5.75 Å². The van der Waals surface area contributed by atoms with Crippen LogP contribution in [0.4, 0.5) is 0 Å². The van der Waals surface area contributed by atoms with Gasteiger partial charge in [0.1, 0.15) is 11.4 Å². The van der Waals surface area contributed by atoms with Gasteiger partial charge in [0, 0.05) is 11.0 Å². The smallest absolute Gasteiger partial charge is 0.184 e. The number of rotatable bonds is 5. The minimum Gasteiger partial charge on any atom is -0.507 e. The molecule has 6 heteroatoms. The number of thiocarbonyl (C=S) groups is 1. The number of phenolic OH excluding ortho intramolecular Hbond substituents is 1. The van der Waals surface area contributed by atoms with Crippen LogP contribution in [0.15, 0.2) is 47.6 Å². The summed E-state index contributed by atoms with van der Waals surface area (Å²) in [6, 6.07) is 7.13. The van der Waals surface area contributed by atoms with E-state index in [0.717, 1.165) is 12.8 Å². The average molecular weight is 386 g/mol. The van der Waals surface area contributed by atoms with E-state index in [2.05, 4.69) is 37.4 Å². The normalized spacial score (nSPS) is 29.7. The van der Waals surface area contributed by atoms with E-state index in [1.165, 1.54) is 6.42 Å². The maximum atomic E-state index is 9.94. The van der Waals surface area contributed by atoms with Crippen LogP contribution in [0.5, 0.6) is 5.75 Å². The minimum absolute atomic E-state index is 0.0552. The number of ether oxygens (including phenoxy) is 1. The first-order valence-electron chi connectivity index (χ1n) is 9.18. The fourth-order valence-corrected chi connectivity index (χ4v) is 4.21. The minimum atomic E-state index is -0.287. The molecule has 1 saturated carbocycles. The number of fused-ring (bicyclic) bond motifs is 1. The lowest BCUT2D eigenvalue weighted by Gasteiger charge is -2.36. The molecule has 2 unspecified atom stereocenters. The molecular weight excluding hydrogens is 358 g/mol. The highest BCUT2D eigenvalue weighted by Gasteiger charge is 2.73. The molecule has 1 aromatic rings. The van der Waals surface area contributed by atoms with E-state index in [1.807, 2.05) is 24.3 Å². The molecule has 27 heavy (non-hydrogen) atoms. The van der Waals surface area contributed by atoms with Gasteiger partial charge in [0.05, 0.1) is 11.3 Å². The van der Waals surface area contributed by atoms with E-state index in [4.69, 9.17) is 22.7 Å². The molecule has 1 heterocycles. The molecule has 1 aromatic carbocycles. The molecule has 0 spiro atoms. The van der Waals surface area contributed by atoms with E-state index >= 15 is 0 Å². The summed E-state index contributed by atoms with van der Waals surface area (Å²) in [5.74, 6) is 0.212. The van der Waals surface area contributed by atoms with Crippen LogP contribution in [0.25, 0.3) is 6.08 Å². The standard InChI is InChI=1S/C21H27N3O2S/c1-19(2)12-6-13-20(3)21(19,26-20)14-11-16(23-24-18(22)27)10-9-15-7-4-5-8-17(15)25/h4-5,7-11,14,25H,6,12-13H2,1-3H3,(H3,22,24,27). The molecule has 5 nitrogen and oxygen atoms in total. The van der Waals surface area contributed by atoms with Crippen molar-refractivity contribution in [3.05, 3.63) is 48.1 Å². The Morgan fingerprint density at radius 2 is 2.00 bits per heavy atom. The first-order valence-corrected chi connectivity index (χ1v) is 9.59. The maximum Gasteiger partial charge on any atom is 0.184 e. The third-order valence-electron chi connectivity index (χ3n) is 5.75. The average Bonchev–Trinajstić information content (AvgIpc) is 3.23. The summed E-state index contributed by atoms with van der Waals surface area (Å²) in [4.78, 5) is 0. The third-order valence-corrected chi connectivity index (χ3v) is 5.84. The van der Waals surface area contributed by atoms with Gasteiger partial charge < -0.3 is 15.6 Å². The zero-order chi connectivity index (χ0) is 19.7. The summed E-state index contributed by atoms with van der Waals surface area (Å²) in [7, 11) is 0. The first kappa shape index (κ1) is 19.6. The molecule has 4 N–H and O–H groups in total. The van der Waals surface area contributed by atoms with Crippen molar-refractivity contribution in [2.24, 2.45) is 16.3 Å². The zero-order valence-electron chi connectivity index (χ0n) is 16.0. The summed E-state index contributed by atoms with van der Waals surface area (Å²) >= 11 is 4.85. The molecule has 0 amide bonds. The number of hydrazone groups is 1. The Labute approximate surface area is 166 Å². The van der Waals surface area contributed by atoms with Crippen LogP contribution in [0.1, 0.15) is 45.6 Å². The Bertz CT molecular complexity index is 830. The highest BCUT2D eigenvalue weighted by atomic mass is 32.1. The predicted molar refractivity (Wildman–Crippen MR) is 113 cm³/mol. The topological polar surface area (TPSA) is 83.2 Å².